The normalized spacial score (nSPS) is 22.8. The Labute approximate surface area is 132 Å². The minimum Gasteiger partial charge on any atom is -0.447 e. The molecule has 1 aromatic carbocycles. The maximum absolute atomic E-state index is 11.9. The average molecular weight is 311 g/mol. The minimum atomic E-state index is -0.170. The summed E-state index contributed by atoms with van der Waals surface area (Å²) in [5, 5.41) is 0. The van der Waals surface area contributed by atoms with E-state index in [2.05, 4.69) is 17.0 Å². The van der Waals surface area contributed by atoms with Crippen molar-refractivity contribution in [3.63, 3.8) is 0 Å². The predicted molar refractivity (Wildman–Crippen MR) is 84.7 cm³/mol. The molecule has 21 heavy (non-hydrogen) atoms. The third-order valence-electron chi connectivity index (χ3n) is 4.19. The molecule has 2 fully saturated rings. The third-order valence-corrected chi connectivity index (χ3v) is 4.19. The number of rotatable bonds is 4. The standard InChI is InChI=1S/C16H22N2O2.ClH/c19-16-18(11-14-7-3-1-4-8-14)15(13-20-16)12-17-9-5-2-6-10-17;/h1,3-4,7-8,15H,2,5-6,9-13H2;1H. The fourth-order valence-electron chi connectivity index (χ4n) is 3.05. The predicted octanol–water partition coefficient (Wildman–Crippen LogP) is 2.92. The summed E-state index contributed by atoms with van der Waals surface area (Å²) in [6.45, 7) is 4.44. The van der Waals surface area contributed by atoms with Gasteiger partial charge < -0.3 is 9.64 Å². The fraction of sp³-hybridized carbons (Fsp3) is 0.562. The number of piperidine rings is 1. The van der Waals surface area contributed by atoms with Crippen LogP contribution in [0.2, 0.25) is 0 Å². The highest BCUT2D eigenvalue weighted by molar-refractivity contribution is 5.85. The second-order valence-electron chi connectivity index (χ2n) is 5.71. The molecule has 0 N–H and O–H groups in total. The van der Waals surface area contributed by atoms with Crippen LogP contribution in [0.25, 0.3) is 0 Å². The van der Waals surface area contributed by atoms with Crippen LogP contribution >= 0.6 is 12.4 Å². The first-order chi connectivity index (χ1) is 9.83. The Kier molecular flexibility index (Phi) is 5.88. The molecule has 2 aliphatic heterocycles. The zero-order valence-corrected chi connectivity index (χ0v) is 13.1. The van der Waals surface area contributed by atoms with E-state index in [0.717, 1.165) is 25.2 Å². The molecule has 0 radical (unpaired) electrons. The van der Waals surface area contributed by atoms with Gasteiger partial charge in [0.15, 0.2) is 0 Å². The Morgan fingerprint density at radius 3 is 2.52 bits per heavy atom. The largest absolute Gasteiger partial charge is 0.447 e. The number of ether oxygens (including phenoxy) is 1. The van der Waals surface area contributed by atoms with Crippen molar-refractivity contribution < 1.29 is 9.53 Å². The van der Waals surface area contributed by atoms with Gasteiger partial charge in [-0.2, -0.15) is 0 Å². The van der Waals surface area contributed by atoms with Crippen molar-refractivity contribution in [3.8, 4) is 0 Å². The zero-order valence-electron chi connectivity index (χ0n) is 12.2. The van der Waals surface area contributed by atoms with Gasteiger partial charge in [-0.05, 0) is 31.5 Å². The van der Waals surface area contributed by atoms with Crippen LogP contribution in [0.3, 0.4) is 0 Å². The van der Waals surface area contributed by atoms with E-state index in [1.54, 1.807) is 0 Å². The Morgan fingerprint density at radius 1 is 1.10 bits per heavy atom. The van der Waals surface area contributed by atoms with Crippen molar-refractivity contribution in [3.05, 3.63) is 35.9 Å². The van der Waals surface area contributed by atoms with E-state index in [-0.39, 0.29) is 24.5 Å². The number of halogens is 1. The van der Waals surface area contributed by atoms with Gasteiger partial charge in [-0.1, -0.05) is 36.8 Å². The molecule has 116 valence electrons. The van der Waals surface area contributed by atoms with Crippen LogP contribution in [0, 0.1) is 0 Å². The van der Waals surface area contributed by atoms with Gasteiger partial charge >= 0.3 is 6.09 Å². The van der Waals surface area contributed by atoms with Crippen LogP contribution in [0.5, 0.6) is 0 Å². The summed E-state index contributed by atoms with van der Waals surface area (Å²) in [5.41, 5.74) is 1.16. The highest BCUT2D eigenvalue weighted by Gasteiger charge is 2.34. The van der Waals surface area contributed by atoms with Crippen LogP contribution < -0.4 is 0 Å². The maximum atomic E-state index is 11.9. The van der Waals surface area contributed by atoms with Crippen molar-refractivity contribution in [2.75, 3.05) is 26.2 Å². The van der Waals surface area contributed by atoms with E-state index in [4.69, 9.17) is 4.74 Å². The lowest BCUT2D eigenvalue weighted by Gasteiger charge is -2.31. The van der Waals surface area contributed by atoms with Crippen molar-refractivity contribution in [1.29, 1.82) is 0 Å². The number of likely N-dealkylation sites (tertiary alicyclic amines) is 1. The smallest absolute Gasteiger partial charge is 0.410 e. The Bertz CT molecular complexity index is 449. The van der Waals surface area contributed by atoms with E-state index < -0.39 is 0 Å². The van der Waals surface area contributed by atoms with E-state index in [1.807, 2.05) is 23.1 Å². The van der Waals surface area contributed by atoms with Crippen LogP contribution in [-0.4, -0.2) is 48.2 Å². The summed E-state index contributed by atoms with van der Waals surface area (Å²) in [6.07, 6.45) is 3.72. The quantitative estimate of drug-likeness (QED) is 0.857. The van der Waals surface area contributed by atoms with Gasteiger partial charge in [0, 0.05) is 13.1 Å². The molecule has 0 aromatic heterocycles. The maximum Gasteiger partial charge on any atom is 0.410 e. The molecule has 2 aliphatic rings. The molecular weight excluding hydrogens is 288 g/mol. The van der Waals surface area contributed by atoms with E-state index in [1.165, 1.54) is 19.3 Å². The van der Waals surface area contributed by atoms with Crippen molar-refractivity contribution in [1.82, 2.24) is 9.80 Å². The minimum absolute atomic E-state index is 0. The topological polar surface area (TPSA) is 32.8 Å². The highest BCUT2D eigenvalue weighted by atomic mass is 35.5. The summed E-state index contributed by atoms with van der Waals surface area (Å²) < 4.78 is 5.25. The molecule has 1 unspecified atom stereocenters. The number of carbonyl (C=O) groups excluding carboxylic acids is 1. The average Bonchev–Trinajstić information content (AvgIpc) is 2.83. The fourth-order valence-corrected chi connectivity index (χ4v) is 3.05. The van der Waals surface area contributed by atoms with Crippen LogP contribution in [0.1, 0.15) is 24.8 Å². The van der Waals surface area contributed by atoms with Gasteiger partial charge in [0.05, 0.1) is 6.04 Å². The number of nitrogens with zero attached hydrogens (tertiary/aromatic N) is 2. The summed E-state index contributed by atoms with van der Waals surface area (Å²) in [7, 11) is 0. The van der Waals surface area contributed by atoms with Crippen LogP contribution in [-0.2, 0) is 11.3 Å². The number of cyclic esters (lactones) is 1. The second-order valence-corrected chi connectivity index (χ2v) is 5.71. The van der Waals surface area contributed by atoms with Crippen molar-refractivity contribution >= 4 is 18.5 Å². The first-order valence-electron chi connectivity index (χ1n) is 7.52. The zero-order chi connectivity index (χ0) is 13.8. The van der Waals surface area contributed by atoms with Gasteiger partial charge in [0.2, 0.25) is 0 Å². The molecule has 2 saturated heterocycles. The summed E-state index contributed by atoms with van der Waals surface area (Å²) in [4.78, 5) is 16.3. The second kappa shape index (κ2) is 7.66. The SMILES string of the molecule is Cl.O=C1OCC(CN2CCCCC2)N1Cc1ccccc1. The molecule has 0 bridgehead atoms. The Balaban J connectivity index is 0.00000161. The summed E-state index contributed by atoms with van der Waals surface area (Å²) in [5.74, 6) is 0. The molecule has 5 heteroatoms. The number of carbonyl (C=O) groups is 1. The van der Waals surface area contributed by atoms with Crippen molar-refractivity contribution in [2.24, 2.45) is 0 Å². The Hall–Kier alpha value is -1.26. The third kappa shape index (κ3) is 4.11. The van der Waals surface area contributed by atoms with Gasteiger partial charge in [-0.25, -0.2) is 4.79 Å². The van der Waals surface area contributed by atoms with Gasteiger partial charge in [0.25, 0.3) is 0 Å². The molecule has 4 nitrogen and oxygen atoms in total. The first-order valence-corrected chi connectivity index (χ1v) is 7.52. The summed E-state index contributed by atoms with van der Waals surface area (Å²) in [6, 6.07) is 10.3. The lowest BCUT2D eigenvalue weighted by atomic mass is 10.1. The molecule has 3 rings (SSSR count). The van der Waals surface area contributed by atoms with E-state index >= 15 is 0 Å². The molecular formula is C16H23ClN2O2. The Morgan fingerprint density at radius 2 is 1.81 bits per heavy atom. The van der Waals surface area contributed by atoms with Crippen molar-refractivity contribution in [2.45, 2.75) is 31.8 Å². The lowest BCUT2D eigenvalue weighted by molar-refractivity contribution is 0.150. The van der Waals surface area contributed by atoms with Gasteiger partial charge in [-0.3, -0.25) is 4.90 Å². The number of hydrogen-bond acceptors (Lipinski definition) is 3. The lowest BCUT2D eigenvalue weighted by Crippen LogP contribution is -2.44. The highest BCUT2D eigenvalue weighted by Crippen LogP contribution is 2.19. The molecule has 0 spiro atoms. The monoisotopic (exact) mass is 310 g/mol. The summed E-state index contributed by atoms with van der Waals surface area (Å²) >= 11 is 0. The molecule has 1 aromatic rings. The molecule has 1 amide bonds. The first kappa shape index (κ1) is 16.1. The number of hydrogen-bond donors (Lipinski definition) is 0. The van der Waals surface area contributed by atoms with E-state index in [9.17, 15) is 4.79 Å². The van der Waals surface area contributed by atoms with Crippen LogP contribution in [0.4, 0.5) is 4.79 Å². The van der Waals surface area contributed by atoms with E-state index in [0.29, 0.717) is 13.2 Å². The molecule has 0 aliphatic carbocycles. The molecule has 1 atom stereocenters. The van der Waals surface area contributed by atoms with Crippen LogP contribution in [0.15, 0.2) is 30.3 Å². The van der Waals surface area contributed by atoms with Gasteiger partial charge in [0.1, 0.15) is 6.61 Å². The number of benzene rings is 1. The molecule has 2 heterocycles. The van der Waals surface area contributed by atoms with Gasteiger partial charge in [-0.15, -0.1) is 12.4 Å². The number of amides is 1. The molecule has 0 saturated carbocycles.